The molecule has 1 heterocycles. The van der Waals surface area contributed by atoms with Gasteiger partial charge in [0.25, 0.3) is 5.22 Å². The smallest absolute Gasteiger partial charge is 0.276 e. The quantitative estimate of drug-likeness (QED) is 0.600. The fraction of sp³-hybridized carbons (Fsp3) is 0.333. The van der Waals surface area contributed by atoms with Crippen molar-refractivity contribution in [3.8, 4) is 11.5 Å². The molecule has 0 fully saturated rings. The minimum absolute atomic E-state index is 0.505. The topological polar surface area (TPSA) is 48.2 Å². The molecule has 0 aliphatic rings. The highest BCUT2D eigenvalue weighted by Gasteiger charge is 2.08. The van der Waals surface area contributed by atoms with E-state index < -0.39 is 0 Å². The Kier molecular flexibility index (Phi) is 5.04. The molecular formula is C12H13ClN2O2S. The predicted octanol–water partition coefficient (Wildman–Crippen LogP) is 3.52. The van der Waals surface area contributed by atoms with E-state index in [1.807, 2.05) is 19.1 Å². The molecule has 18 heavy (non-hydrogen) atoms. The second-order valence-corrected chi connectivity index (χ2v) is 4.91. The van der Waals surface area contributed by atoms with Crippen molar-refractivity contribution < 1.29 is 9.15 Å². The molecule has 96 valence electrons. The van der Waals surface area contributed by atoms with Gasteiger partial charge in [0.2, 0.25) is 5.89 Å². The molecule has 0 radical (unpaired) electrons. The molecule has 0 saturated carbocycles. The van der Waals surface area contributed by atoms with E-state index in [1.165, 1.54) is 11.8 Å². The Hall–Kier alpha value is -1.04. The van der Waals surface area contributed by atoms with Gasteiger partial charge in [0.15, 0.2) is 0 Å². The lowest BCUT2D eigenvalue weighted by Crippen LogP contribution is -1.95. The number of halogens is 1. The van der Waals surface area contributed by atoms with Crippen LogP contribution >= 0.6 is 23.4 Å². The van der Waals surface area contributed by atoms with Crippen LogP contribution in [0.5, 0.6) is 0 Å². The highest BCUT2D eigenvalue weighted by atomic mass is 35.5. The second kappa shape index (κ2) is 6.78. The van der Waals surface area contributed by atoms with Crippen molar-refractivity contribution in [2.45, 2.75) is 12.1 Å². The molecule has 0 bridgehead atoms. The van der Waals surface area contributed by atoms with Gasteiger partial charge in [-0.05, 0) is 31.2 Å². The van der Waals surface area contributed by atoms with Gasteiger partial charge in [-0.3, -0.25) is 0 Å². The van der Waals surface area contributed by atoms with Gasteiger partial charge in [-0.25, -0.2) is 0 Å². The highest BCUT2D eigenvalue weighted by Crippen LogP contribution is 2.24. The molecule has 0 aliphatic carbocycles. The Morgan fingerprint density at radius 2 is 2.06 bits per heavy atom. The monoisotopic (exact) mass is 284 g/mol. The van der Waals surface area contributed by atoms with Gasteiger partial charge in [-0.2, -0.15) is 0 Å². The Bertz CT molecular complexity index is 487. The largest absolute Gasteiger partial charge is 0.411 e. The van der Waals surface area contributed by atoms with E-state index in [2.05, 4.69) is 10.2 Å². The van der Waals surface area contributed by atoms with E-state index in [0.29, 0.717) is 22.7 Å². The summed E-state index contributed by atoms with van der Waals surface area (Å²) in [5.74, 6) is 1.31. The maximum Gasteiger partial charge on any atom is 0.276 e. The van der Waals surface area contributed by atoms with Gasteiger partial charge in [-0.15, -0.1) is 10.2 Å². The third-order valence-electron chi connectivity index (χ3n) is 2.15. The number of hydrogen-bond acceptors (Lipinski definition) is 5. The summed E-state index contributed by atoms with van der Waals surface area (Å²) in [6.07, 6.45) is 0. The van der Waals surface area contributed by atoms with Crippen molar-refractivity contribution in [2.24, 2.45) is 0 Å². The lowest BCUT2D eigenvalue weighted by molar-refractivity contribution is 0.164. The van der Waals surface area contributed by atoms with Crippen LogP contribution in [0.3, 0.4) is 0 Å². The van der Waals surface area contributed by atoms with Gasteiger partial charge in [-0.1, -0.05) is 23.4 Å². The zero-order valence-electron chi connectivity index (χ0n) is 9.93. The summed E-state index contributed by atoms with van der Waals surface area (Å²) in [6.45, 7) is 3.37. The zero-order valence-corrected chi connectivity index (χ0v) is 11.5. The summed E-state index contributed by atoms with van der Waals surface area (Å²) in [6, 6.07) is 7.29. The Morgan fingerprint density at radius 1 is 1.28 bits per heavy atom. The molecule has 0 spiro atoms. The van der Waals surface area contributed by atoms with E-state index in [1.54, 1.807) is 12.1 Å². The van der Waals surface area contributed by atoms with Crippen LogP contribution in [0.25, 0.3) is 11.5 Å². The van der Waals surface area contributed by atoms with Crippen LogP contribution in [-0.4, -0.2) is 29.2 Å². The van der Waals surface area contributed by atoms with Crippen LogP contribution in [0.1, 0.15) is 6.92 Å². The Morgan fingerprint density at radius 3 is 2.78 bits per heavy atom. The normalized spacial score (nSPS) is 10.8. The van der Waals surface area contributed by atoms with Crippen LogP contribution in [-0.2, 0) is 4.74 Å². The highest BCUT2D eigenvalue weighted by molar-refractivity contribution is 7.99. The van der Waals surface area contributed by atoms with Crippen LogP contribution < -0.4 is 0 Å². The molecule has 0 amide bonds. The SMILES string of the molecule is CCOCCSc1nnc(-c2ccc(Cl)cc2)o1. The first-order chi connectivity index (χ1) is 8.79. The molecule has 0 N–H and O–H groups in total. The van der Waals surface area contributed by atoms with Crippen molar-refractivity contribution in [3.05, 3.63) is 29.3 Å². The average molecular weight is 285 g/mol. The first-order valence-corrected chi connectivity index (χ1v) is 6.96. The Labute approximate surface area is 115 Å². The van der Waals surface area contributed by atoms with E-state index >= 15 is 0 Å². The van der Waals surface area contributed by atoms with E-state index in [0.717, 1.165) is 17.9 Å². The number of ether oxygens (including phenoxy) is 1. The van der Waals surface area contributed by atoms with Crippen molar-refractivity contribution in [3.63, 3.8) is 0 Å². The lowest BCUT2D eigenvalue weighted by Gasteiger charge is -1.97. The third-order valence-corrected chi connectivity index (χ3v) is 3.19. The van der Waals surface area contributed by atoms with Gasteiger partial charge in [0, 0.05) is 22.9 Å². The fourth-order valence-electron chi connectivity index (χ4n) is 1.31. The van der Waals surface area contributed by atoms with Gasteiger partial charge < -0.3 is 9.15 Å². The second-order valence-electron chi connectivity index (χ2n) is 3.43. The number of rotatable bonds is 6. The van der Waals surface area contributed by atoms with Gasteiger partial charge in [0.1, 0.15) is 0 Å². The number of hydrogen-bond donors (Lipinski definition) is 0. The zero-order chi connectivity index (χ0) is 12.8. The van der Waals surface area contributed by atoms with Crippen LogP contribution in [0, 0.1) is 0 Å². The van der Waals surface area contributed by atoms with Gasteiger partial charge >= 0.3 is 0 Å². The fourth-order valence-corrected chi connectivity index (χ4v) is 2.05. The van der Waals surface area contributed by atoms with Gasteiger partial charge in [0.05, 0.1) is 6.61 Å². The molecular weight excluding hydrogens is 272 g/mol. The predicted molar refractivity (Wildman–Crippen MR) is 72.0 cm³/mol. The van der Waals surface area contributed by atoms with Crippen molar-refractivity contribution in [1.29, 1.82) is 0 Å². The summed E-state index contributed by atoms with van der Waals surface area (Å²) in [7, 11) is 0. The number of thioether (sulfide) groups is 1. The first kappa shape index (κ1) is 13.4. The molecule has 1 aromatic carbocycles. The van der Waals surface area contributed by atoms with Crippen LogP contribution in [0.4, 0.5) is 0 Å². The minimum atomic E-state index is 0.505. The first-order valence-electron chi connectivity index (χ1n) is 5.59. The number of nitrogens with zero attached hydrogens (tertiary/aromatic N) is 2. The summed E-state index contributed by atoms with van der Waals surface area (Å²) < 4.78 is 10.8. The number of benzene rings is 1. The summed E-state index contributed by atoms with van der Waals surface area (Å²) in [4.78, 5) is 0. The average Bonchev–Trinajstić information content (AvgIpc) is 2.84. The molecule has 0 atom stereocenters. The number of aromatic nitrogens is 2. The van der Waals surface area contributed by atoms with Crippen LogP contribution in [0.2, 0.25) is 5.02 Å². The molecule has 0 aliphatic heterocycles. The molecule has 1 aromatic heterocycles. The van der Waals surface area contributed by atoms with Crippen molar-refractivity contribution in [2.75, 3.05) is 19.0 Å². The third kappa shape index (κ3) is 3.73. The molecule has 0 saturated heterocycles. The maximum atomic E-state index is 5.82. The van der Waals surface area contributed by atoms with Crippen molar-refractivity contribution in [1.82, 2.24) is 10.2 Å². The van der Waals surface area contributed by atoms with E-state index in [9.17, 15) is 0 Å². The van der Waals surface area contributed by atoms with E-state index in [4.69, 9.17) is 20.8 Å². The van der Waals surface area contributed by atoms with Crippen molar-refractivity contribution >= 4 is 23.4 Å². The Balaban J connectivity index is 1.95. The van der Waals surface area contributed by atoms with Crippen LogP contribution in [0.15, 0.2) is 33.9 Å². The maximum absolute atomic E-state index is 5.82. The summed E-state index contributed by atoms with van der Waals surface area (Å²) in [5, 5.41) is 9.20. The molecule has 4 nitrogen and oxygen atoms in total. The lowest BCUT2D eigenvalue weighted by atomic mass is 10.2. The standard InChI is InChI=1S/C12H13ClN2O2S/c1-2-16-7-8-18-12-15-14-11(17-12)9-3-5-10(13)6-4-9/h3-6H,2,7-8H2,1H3. The molecule has 2 aromatic rings. The molecule has 2 rings (SSSR count). The van der Waals surface area contributed by atoms with E-state index in [-0.39, 0.29) is 0 Å². The summed E-state index contributed by atoms with van der Waals surface area (Å²) in [5.41, 5.74) is 0.864. The molecule has 6 heteroatoms. The molecule has 0 unspecified atom stereocenters. The minimum Gasteiger partial charge on any atom is -0.411 e. The summed E-state index contributed by atoms with van der Waals surface area (Å²) >= 11 is 7.31.